The van der Waals surface area contributed by atoms with Gasteiger partial charge in [0.15, 0.2) is 0 Å². The summed E-state index contributed by atoms with van der Waals surface area (Å²) in [7, 11) is 0. The van der Waals surface area contributed by atoms with Gasteiger partial charge in [-0.1, -0.05) is 43.1 Å². The summed E-state index contributed by atoms with van der Waals surface area (Å²) in [4.78, 5) is 0. The standard InChI is InChI=1S/C14H20ClN/c1-2-14(9-5-6-10-16-14)11-12-7-3-4-8-13(12)15/h3-4,7-8,16H,2,5-6,9-11H2,1H3. The molecule has 1 aromatic carbocycles. The van der Waals surface area contributed by atoms with E-state index in [4.69, 9.17) is 11.6 Å². The molecule has 0 amide bonds. The molecule has 1 saturated heterocycles. The highest BCUT2D eigenvalue weighted by atomic mass is 35.5. The van der Waals surface area contributed by atoms with E-state index < -0.39 is 0 Å². The fourth-order valence-electron chi connectivity index (χ4n) is 2.61. The third-order valence-electron chi connectivity index (χ3n) is 3.75. The summed E-state index contributed by atoms with van der Waals surface area (Å²) in [5.41, 5.74) is 1.56. The zero-order valence-corrected chi connectivity index (χ0v) is 10.7. The van der Waals surface area contributed by atoms with Crippen LogP contribution in [0.1, 0.15) is 38.2 Å². The Hall–Kier alpha value is -0.530. The van der Waals surface area contributed by atoms with Gasteiger partial charge >= 0.3 is 0 Å². The van der Waals surface area contributed by atoms with Crippen LogP contribution in [0.15, 0.2) is 24.3 Å². The molecule has 1 unspecified atom stereocenters. The van der Waals surface area contributed by atoms with Crippen LogP contribution in [-0.4, -0.2) is 12.1 Å². The highest BCUT2D eigenvalue weighted by Crippen LogP contribution is 2.29. The van der Waals surface area contributed by atoms with Crippen molar-refractivity contribution in [2.24, 2.45) is 0 Å². The van der Waals surface area contributed by atoms with E-state index in [2.05, 4.69) is 24.4 Å². The molecule has 2 rings (SSSR count). The van der Waals surface area contributed by atoms with Gasteiger partial charge in [-0.15, -0.1) is 0 Å². The van der Waals surface area contributed by atoms with Crippen molar-refractivity contribution in [2.45, 2.75) is 44.6 Å². The van der Waals surface area contributed by atoms with Crippen molar-refractivity contribution in [3.63, 3.8) is 0 Å². The number of nitrogens with one attached hydrogen (secondary N) is 1. The predicted molar refractivity (Wildman–Crippen MR) is 70.0 cm³/mol. The molecule has 88 valence electrons. The Kier molecular flexibility index (Phi) is 3.88. The zero-order valence-electron chi connectivity index (χ0n) is 9.93. The highest BCUT2D eigenvalue weighted by Gasteiger charge is 2.30. The molecule has 1 aliphatic heterocycles. The number of hydrogen-bond donors (Lipinski definition) is 1. The van der Waals surface area contributed by atoms with Crippen LogP contribution in [0.2, 0.25) is 5.02 Å². The molecular formula is C14H20ClN. The van der Waals surface area contributed by atoms with Gasteiger partial charge in [0.25, 0.3) is 0 Å². The van der Waals surface area contributed by atoms with Gasteiger partial charge in [-0.2, -0.15) is 0 Å². The lowest BCUT2D eigenvalue weighted by Crippen LogP contribution is -2.49. The second-order valence-electron chi connectivity index (χ2n) is 4.79. The quantitative estimate of drug-likeness (QED) is 0.843. The van der Waals surface area contributed by atoms with Gasteiger partial charge in [-0.25, -0.2) is 0 Å². The van der Waals surface area contributed by atoms with Crippen molar-refractivity contribution < 1.29 is 0 Å². The van der Waals surface area contributed by atoms with Crippen molar-refractivity contribution in [1.29, 1.82) is 0 Å². The van der Waals surface area contributed by atoms with Crippen molar-refractivity contribution >= 4 is 11.6 Å². The summed E-state index contributed by atoms with van der Waals surface area (Å²) in [5, 5.41) is 4.60. The number of halogens is 1. The average Bonchev–Trinajstić information content (AvgIpc) is 2.33. The van der Waals surface area contributed by atoms with Crippen molar-refractivity contribution in [2.75, 3.05) is 6.54 Å². The first-order valence-electron chi connectivity index (χ1n) is 6.24. The zero-order chi connectivity index (χ0) is 11.4. The normalized spacial score (nSPS) is 25.6. The second kappa shape index (κ2) is 5.20. The maximum atomic E-state index is 6.23. The fourth-order valence-corrected chi connectivity index (χ4v) is 2.82. The van der Waals surface area contributed by atoms with Crippen LogP contribution in [0, 0.1) is 0 Å². The molecule has 1 aromatic rings. The molecule has 0 saturated carbocycles. The summed E-state index contributed by atoms with van der Waals surface area (Å²) in [6, 6.07) is 8.21. The molecule has 0 bridgehead atoms. The van der Waals surface area contributed by atoms with Crippen LogP contribution in [0.3, 0.4) is 0 Å². The van der Waals surface area contributed by atoms with Gasteiger partial charge in [0.1, 0.15) is 0 Å². The number of rotatable bonds is 3. The van der Waals surface area contributed by atoms with E-state index in [0.29, 0.717) is 0 Å². The lowest BCUT2D eigenvalue weighted by molar-refractivity contribution is 0.243. The summed E-state index contributed by atoms with van der Waals surface area (Å²) in [5.74, 6) is 0. The number of benzene rings is 1. The van der Waals surface area contributed by atoms with Crippen molar-refractivity contribution in [1.82, 2.24) is 5.32 Å². The van der Waals surface area contributed by atoms with Crippen LogP contribution >= 0.6 is 11.6 Å². The Morgan fingerprint density at radius 1 is 1.31 bits per heavy atom. The Morgan fingerprint density at radius 2 is 2.12 bits per heavy atom. The Balaban J connectivity index is 2.15. The number of hydrogen-bond acceptors (Lipinski definition) is 1. The summed E-state index contributed by atoms with van der Waals surface area (Å²) in [6.07, 6.45) is 6.16. The van der Waals surface area contributed by atoms with Gasteiger partial charge in [-0.3, -0.25) is 0 Å². The lowest BCUT2D eigenvalue weighted by atomic mass is 9.81. The largest absolute Gasteiger partial charge is 0.311 e. The Morgan fingerprint density at radius 3 is 2.75 bits per heavy atom. The minimum atomic E-state index is 0.281. The number of piperidine rings is 1. The SMILES string of the molecule is CCC1(Cc2ccccc2Cl)CCCCN1. The first-order chi connectivity index (χ1) is 7.76. The highest BCUT2D eigenvalue weighted by molar-refractivity contribution is 6.31. The molecular weight excluding hydrogens is 218 g/mol. The van der Waals surface area contributed by atoms with Crippen LogP contribution in [-0.2, 0) is 6.42 Å². The van der Waals surface area contributed by atoms with Crippen molar-refractivity contribution in [3.8, 4) is 0 Å². The topological polar surface area (TPSA) is 12.0 Å². The Labute approximate surface area is 103 Å². The maximum Gasteiger partial charge on any atom is 0.0438 e. The third-order valence-corrected chi connectivity index (χ3v) is 4.11. The van der Waals surface area contributed by atoms with Gasteiger partial charge in [0.2, 0.25) is 0 Å². The maximum absolute atomic E-state index is 6.23. The van der Waals surface area contributed by atoms with E-state index in [-0.39, 0.29) is 5.54 Å². The van der Waals surface area contributed by atoms with E-state index in [1.54, 1.807) is 0 Å². The molecule has 1 nitrogen and oxygen atoms in total. The Bertz CT molecular complexity index is 342. The van der Waals surface area contributed by atoms with Gasteiger partial charge in [0.05, 0.1) is 0 Å². The fraction of sp³-hybridized carbons (Fsp3) is 0.571. The van der Waals surface area contributed by atoms with E-state index in [1.165, 1.54) is 31.2 Å². The monoisotopic (exact) mass is 237 g/mol. The molecule has 1 atom stereocenters. The molecule has 0 aromatic heterocycles. The summed E-state index contributed by atoms with van der Waals surface area (Å²) < 4.78 is 0. The smallest absolute Gasteiger partial charge is 0.0438 e. The van der Waals surface area contributed by atoms with Gasteiger partial charge in [-0.05, 0) is 43.9 Å². The molecule has 16 heavy (non-hydrogen) atoms. The van der Waals surface area contributed by atoms with Gasteiger partial charge < -0.3 is 5.32 Å². The first-order valence-corrected chi connectivity index (χ1v) is 6.62. The molecule has 0 aliphatic carbocycles. The summed E-state index contributed by atoms with van der Waals surface area (Å²) in [6.45, 7) is 3.42. The van der Waals surface area contributed by atoms with E-state index >= 15 is 0 Å². The molecule has 1 heterocycles. The first kappa shape index (κ1) is 11.9. The van der Waals surface area contributed by atoms with Gasteiger partial charge in [0, 0.05) is 10.6 Å². The predicted octanol–water partition coefficient (Wildman–Crippen LogP) is 3.80. The second-order valence-corrected chi connectivity index (χ2v) is 5.19. The third kappa shape index (κ3) is 2.58. The minimum Gasteiger partial charge on any atom is -0.311 e. The van der Waals surface area contributed by atoms with E-state index in [9.17, 15) is 0 Å². The average molecular weight is 238 g/mol. The lowest BCUT2D eigenvalue weighted by Gasteiger charge is -2.38. The van der Waals surface area contributed by atoms with Crippen molar-refractivity contribution in [3.05, 3.63) is 34.9 Å². The van der Waals surface area contributed by atoms with E-state index in [1.807, 2.05) is 12.1 Å². The van der Waals surface area contributed by atoms with E-state index in [0.717, 1.165) is 18.0 Å². The molecule has 0 radical (unpaired) electrons. The van der Waals surface area contributed by atoms with Crippen LogP contribution < -0.4 is 5.32 Å². The molecule has 1 N–H and O–H groups in total. The summed E-state index contributed by atoms with van der Waals surface area (Å²) >= 11 is 6.23. The minimum absolute atomic E-state index is 0.281. The molecule has 2 heteroatoms. The molecule has 0 spiro atoms. The van der Waals surface area contributed by atoms with Crippen LogP contribution in [0.5, 0.6) is 0 Å². The molecule has 1 aliphatic rings. The van der Waals surface area contributed by atoms with Crippen LogP contribution in [0.4, 0.5) is 0 Å². The molecule has 1 fully saturated rings. The van der Waals surface area contributed by atoms with Crippen LogP contribution in [0.25, 0.3) is 0 Å².